The fourth-order valence-corrected chi connectivity index (χ4v) is 4.19. The van der Waals surface area contributed by atoms with Crippen LogP contribution >= 0.6 is 11.6 Å². The Morgan fingerprint density at radius 1 is 0.917 bits per heavy atom. The molecular formula is C27H23ClN2O6. The average Bonchev–Trinajstić information content (AvgIpc) is 2.90. The van der Waals surface area contributed by atoms with Crippen molar-refractivity contribution in [2.75, 3.05) is 26.1 Å². The van der Waals surface area contributed by atoms with Gasteiger partial charge in [0, 0.05) is 24.1 Å². The van der Waals surface area contributed by atoms with Crippen LogP contribution in [0.1, 0.15) is 10.5 Å². The molecule has 0 spiro atoms. The van der Waals surface area contributed by atoms with Crippen LogP contribution in [0.15, 0.2) is 71.5 Å². The summed E-state index contributed by atoms with van der Waals surface area (Å²) in [4.78, 5) is 38.9. The third-order valence-corrected chi connectivity index (χ3v) is 5.94. The molecule has 0 saturated carbocycles. The predicted octanol–water partition coefficient (Wildman–Crippen LogP) is 4.67. The minimum atomic E-state index is -0.811. The van der Waals surface area contributed by atoms with Crippen molar-refractivity contribution < 1.29 is 23.8 Å². The molecule has 1 heterocycles. The van der Waals surface area contributed by atoms with E-state index in [9.17, 15) is 14.4 Å². The van der Waals surface area contributed by atoms with Crippen LogP contribution in [0.25, 0.3) is 21.9 Å². The lowest BCUT2D eigenvalue weighted by Crippen LogP contribution is -2.28. The molecule has 0 unspecified atom stereocenters. The zero-order valence-electron chi connectivity index (χ0n) is 19.8. The molecule has 1 N–H and O–H groups in total. The molecule has 0 aliphatic carbocycles. The average molecular weight is 507 g/mol. The van der Waals surface area contributed by atoms with Crippen molar-refractivity contribution >= 4 is 39.9 Å². The number of fused-ring (bicyclic) bond motifs is 1. The van der Waals surface area contributed by atoms with E-state index in [1.165, 1.54) is 38.0 Å². The van der Waals surface area contributed by atoms with Crippen LogP contribution in [0.3, 0.4) is 0 Å². The number of hydrogen-bond donors (Lipinski definition) is 1. The Labute approximate surface area is 212 Å². The molecule has 8 nitrogen and oxygen atoms in total. The van der Waals surface area contributed by atoms with Gasteiger partial charge in [-0.25, -0.2) is 4.79 Å². The normalized spacial score (nSPS) is 10.7. The van der Waals surface area contributed by atoms with Gasteiger partial charge in [0.15, 0.2) is 6.61 Å². The summed E-state index contributed by atoms with van der Waals surface area (Å²) in [5.41, 5.74) is 1.26. The number of aromatic nitrogens is 1. The largest absolute Gasteiger partial charge is 0.495 e. The lowest BCUT2D eigenvalue weighted by Gasteiger charge is -2.17. The first-order chi connectivity index (χ1) is 17.3. The van der Waals surface area contributed by atoms with Crippen molar-refractivity contribution in [1.29, 1.82) is 0 Å². The SMILES string of the molecule is COc1cc(OC)c(NC(=O)COC(=O)c2c(-c3ccccc3)c3ccccc3c(=O)n2C)cc1Cl. The summed E-state index contributed by atoms with van der Waals surface area (Å²) in [5, 5.41) is 3.96. The Morgan fingerprint density at radius 3 is 2.22 bits per heavy atom. The Hall–Kier alpha value is -4.30. The molecule has 36 heavy (non-hydrogen) atoms. The minimum absolute atomic E-state index is 0.0442. The second kappa shape index (κ2) is 10.5. The highest BCUT2D eigenvalue weighted by atomic mass is 35.5. The zero-order valence-corrected chi connectivity index (χ0v) is 20.6. The molecule has 0 saturated heterocycles. The number of rotatable bonds is 7. The van der Waals surface area contributed by atoms with Gasteiger partial charge in [-0.1, -0.05) is 60.1 Å². The van der Waals surface area contributed by atoms with Gasteiger partial charge < -0.3 is 24.1 Å². The van der Waals surface area contributed by atoms with E-state index in [2.05, 4.69) is 5.32 Å². The number of halogens is 1. The first-order valence-electron chi connectivity index (χ1n) is 10.9. The monoisotopic (exact) mass is 506 g/mol. The summed E-state index contributed by atoms with van der Waals surface area (Å²) < 4.78 is 17.0. The van der Waals surface area contributed by atoms with Gasteiger partial charge in [0.25, 0.3) is 11.5 Å². The summed E-state index contributed by atoms with van der Waals surface area (Å²) in [7, 11) is 4.40. The van der Waals surface area contributed by atoms with E-state index >= 15 is 0 Å². The Kier molecular flexibility index (Phi) is 7.26. The van der Waals surface area contributed by atoms with Crippen LogP contribution in [-0.4, -0.2) is 37.3 Å². The third kappa shape index (κ3) is 4.76. The fourth-order valence-electron chi connectivity index (χ4n) is 3.94. The van der Waals surface area contributed by atoms with Gasteiger partial charge in [0.05, 0.1) is 24.9 Å². The Balaban J connectivity index is 1.65. The molecule has 0 aliphatic rings. The summed E-state index contributed by atoms with van der Waals surface area (Å²) in [6.07, 6.45) is 0. The van der Waals surface area contributed by atoms with Gasteiger partial charge in [-0.3, -0.25) is 9.59 Å². The van der Waals surface area contributed by atoms with Gasteiger partial charge >= 0.3 is 5.97 Å². The lowest BCUT2D eigenvalue weighted by atomic mass is 9.97. The maximum Gasteiger partial charge on any atom is 0.356 e. The number of carbonyl (C=O) groups excluding carboxylic acids is 2. The highest BCUT2D eigenvalue weighted by Crippen LogP contribution is 2.36. The standard InChI is InChI=1S/C27H23ClN2O6/c1-30-25(24(16-9-5-4-6-10-16)17-11-7-8-12-18(17)26(30)32)27(33)36-15-23(31)29-20-13-19(28)21(34-2)14-22(20)35-3/h4-14H,15H2,1-3H3,(H,29,31). The van der Waals surface area contributed by atoms with E-state index in [4.69, 9.17) is 25.8 Å². The first kappa shape index (κ1) is 24.8. The van der Waals surface area contributed by atoms with Gasteiger partial charge in [0.1, 0.15) is 17.2 Å². The topological polar surface area (TPSA) is 95.9 Å². The quantitative estimate of drug-likeness (QED) is 0.366. The smallest absolute Gasteiger partial charge is 0.356 e. The molecule has 184 valence electrons. The third-order valence-electron chi connectivity index (χ3n) is 5.64. The van der Waals surface area contributed by atoms with Crippen LogP contribution in [0.2, 0.25) is 5.02 Å². The first-order valence-corrected chi connectivity index (χ1v) is 11.3. The Bertz CT molecular complexity index is 1510. The van der Waals surface area contributed by atoms with Gasteiger partial charge in [0.2, 0.25) is 0 Å². The number of benzene rings is 3. The maximum atomic E-state index is 13.2. The number of pyridine rings is 1. The number of nitrogens with zero attached hydrogens (tertiary/aromatic N) is 1. The van der Waals surface area contributed by atoms with Gasteiger partial charge in [-0.2, -0.15) is 0 Å². The van der Waals surface area contributed by atoms with Crippen molar-refractivity contribution in [2.45, 2.75) is 0 Å². The number of methoxy groups -OCH3 is 2. The molecular weight excluding hydrogens is 484 g/mol. The molecule has 4 rings (SSSR count). The van der Waals surface area contributed by atoms with Crippen LogP contribution in [0.5, 0.6) is 11.5 Å². The van der Waals surface area contributed by atoms with E-state index in [1.807, 2.05) is 30.3 Å². The molecule has 0 atom stereocenters. The van der Waals surface area contributed by atoms with Crippen LogP contribution in [-0.2, 0) is 16.6 Å². The lowest BCUT2D eigenvalue weighted by molar-refractivity contribution is -0.119. The van der Waals surface area contributed by atoms with Gasteiger partial charge in [-0.05, 0) is 23.1 Å². The predicted molar refractivity (Wildman–Crippen MR) is 138 cm³/mol. The second-order valence-corrected chi connectivity index (χ2v) is 8.22. The van der Waals surface area contributed by atoms with E-state index in [1.54, 1.807) is 24.3 Å². The number of nitrogens with one attached hydrogen (secondary N) is 1. The van der Waals surface area contributed by atoms with Crippen molar-refractivity contribution in [3.8, 4) is 22.6 Å². The van der Waals surface area contributed by atoms with Gasteiger partial charge in [-0.15, -0.1) is 0 Å². The highest BCUT2D eigenvalue weighted by molar-refractivity contribution is 6.32. The molecule has 9 heteroatoms. The van der Waals surface area contributed by atoms with E-state index < -0.39 is 18.5 Å². The van der Waals surface area contributed by atoms with E-state index in [0.717, 1.165) is 5.56 Å². The van der Waals surface area contributed by atoms with E-state index in [0.29, 0.717) is 27.8 Å². The second-order valence-electron chi connectivity index (χ2n) is 7.81. The minimum Gasteiger partial charge on any atom is -0.495 e. The summed E-state index contributed by atoms with van der Waals surface area (Å²) in [6, 6.07) is 19.3. The molecule has 0 aliphatic heterocycles. The van der Waals surface area contributed by atoms with Crippen LogP contribution in [0, 0.1) is 0 Å². The number of hydrogen-bond acceptors (Lipinski definition) is 6. The fraction of sp³-hybridized carbons (Fsp3) is 0.148. The maximum absolute atomic E-state index is 13.2. The number of ether oxygens (including phenoxy) is 3. The molecule has 1 amide bonds. The molecule has 3 aromatic carbocycles. The number of carbonyl (C=O) groups is 2. The van der Waals surface area contributed by atoms with E-state index in [-0.39, 0.29) is 22.0 Å². The van der Waals surface area contributed by atoms with Crippen molar-refractivity contribution in [3.63, 3.8) is 0 Å². The van der Waals surface area contributed by atoms with Crippen molar-refractivity contribution in [2.24, 2.45) is 7.05 Å². The summed E-state index contributed by atoms with van der Waals surface area (Å²) in [6.45, 7) is -0.596. The van der Waals surface area contributed by atoms with Crippen molar-refractivity contribution in [1.82, 2.24) is 4.57 Å². The number of anilines is 1. The highest BCUT2D eigenvalue weighted by Gasteiger charge is 2.24. The summed E-state index contributed by atoms with van der Waals surface area (Å²) in [5.74, 6) is -0.730. The zero-order chi connectivity index (χ0) is 25.8. The molecule has 1 aromatic heterocycles. The summed E-state index contributed by atoms with van der Waals surface area (Å²) >= 11 is 6.16. The van der Waals surface area contributed by atoms with Crippen LogP contribution in [0.4, 0.5) is 5.69 Å². The molecule has 0 bridgehead atoms. The number of amides is 1. The molecule has 0 radical (unpaired) electrons. The Morgan fingerprint density at radius 2 is 1.56 bits per heavy atom. The van der Waals surface area contributed by atoms with Crippen molar-refractivity contribution in [3.05, 3.63) is 87.8 Å². The van der Waals surface area contributed by atoms with Crippen LogP contribution < -0.4 is 20.3 Å². The molecule has 0 fully saturated rings. The number of esters is 1. The molecule has 4 aromatic rings.